The first-order chi connectivity index (χ1) is 11.1. The van der Waals surface area contributed by atoms with Gasteiger partial charge in [-0.1, -0.05) is 37.3 Å². The molecule has 1 atom stereocenters. The van der Waals surface area contributed by atoms with Gasteiger partial charge in [0, 0.05) is 24.8 Å². The van der Waals surface area contributed by atoms with Crippen LogP contribution in [-0.2, 0) is 11.2 Å². The summed E-state index contributed by atoms with van der Waals surface area (Å²) in [6, 6.07) is 10.0. The van der Waals surface area contributed by atoms with E-state index in [2.05, 4.69) is 17.2 Å². The smallest absolute Gasteiger partial charge is 0.355 e. The molecule has 6 heteroatoms. The van der Waals surface area contributed by atoms with E-state index in [-0.39, 0.29) is 17.5 Å². The molecule has 5 nitrogen and oxygen atoms in total. The van der Waals surface area contributed by atoms with Gasteiger partial charge < -0.3 is 10.4 Å². The molecule has 0 radical (unpaired) electrons. The lowest BCUT2D eigenvalue weighted by Crippen LogP contribution is -2.27. The van der Waals surface area contributed by atoms with Crippen molar-refractivity contribution in [2.24, 2.45) is 0 Å². The molecule has 0 fully saturated rings. The minimum absolute atomic E-state index is 0.00992. The highest BCUT2D eigenvalue weighted by Crippen LogP contribution is 2.22. The number of benzene rings is 1. The second-order valence-corrected chi connectivity index (χ2v) is 6.19. The van der Waals surface area contributed by atoms with Crippen molar-refractivity contribution < 1.29 is 14.7 Å². The molecule has 2 N–H and O–H groups in total. The van der Waals surface area contributed by atoms with E-state index >= 15 is 0 Å². The molecule has 1 heterocycles. The lowest BCUT2D eigenvalue weighted by atomic mass is 9.93. The molecule has 2 aromatic rings. The van der Waals surface area contributed by atoms with Gasteiger partial charge in [-0.25, -0.2) is 9.78 Å². The Morgan fingerprint density at radius 3 is 2.65 bits per heavy atom. The number of carboxylic acids is 1. The molecule has 1 aromatic carbocycles. The summed E-state index contributed by atoms with van der Waals surface area (Å²) >= 11 is 1.30. The summed E-state index contributed by atoms with van der Waals surface area (Å²) in [5, 5.41) is 13.9. The number of carbonyl (C=O) groups excluding carboxylic acids is 1. The van der Waals surface area contributed by atoms with E-state index in [1.807, 2.05) is 30.3 Å². The van der Waals surface area contributed by atoms with E-state index < -0.39 is 5.97 Å². The summed E-state index contributed by atoms with van der Waals surface area (Å²) in [7, 11) is 0. The van der Waals surface area contributed by atoms with E-state index in [0.717, 1.165) is 11.4 Å². The molecule has 0 saturated carbocycles. The quantitative estimate of drug-likeness (QED) is 0.778. The van der Waals surface area contributed by atoms with Crippen molar-refractivity contribution in [3.8, 4) is 0 Å². The fourth-order valence-corrected chi connectivity index (χ4v) is 3.12. The Morgan fingerprint density at radius 2 is 2.04 bits per heavy atom. The number of amides is 1. The van der Waals surface area contributed by atoms with Gasteiger partial charge in [-0.05, 0) is 17.9 Å². The van der Waals surface area contributed by atoms with Crippen LogP contribution in [0.3, 0.4) is 0 Å². The van der Waals surface area contributed by atoms with E-state index in [9.17, 15) is 9.59 Å². The molecule has 1 unspecified atom stereocenters. The number of aromatic nitrogens is 1. The summed E-state index contributed by atoms with van der Waals surface area (Å²) in [6.45, 7) is 2.55. The van der Waals surface area contributed by atoms with Gasteiger partial charge in [0.05, 0.1) is 5.01 Å². The van der Waals surface area contributed by atoms with E-state index in [0.29, 0.717) is 19.4 Å². The second kappa shape index (κ2) is 8.43. The van der Waals surface area contributed by atoms with Gasteiger partial charge in [0.15, 0.2) is 5.69 Å². The third-order valence-electron chi connectivity index (χ3n) is 3.63. The molecule has 0 aliphatic heterocycles. The lowest BCUT2D eigenvalue weighted by Gasteiger charge is -2.15. The number of hydrogen-bond acceptors (Lipinski definition) is 4. The summed E-state index contributed by atoms with van der Waals surface area (Å²) < 4.78 is 0. The average Bonchev–Trinajstić information content (AvgIpc) is 3.02. The molecular formula is C17H20N2O3S. The van der Waals surface area contributed by atoms with Gasteiger partial charge in [0.1, 0.15) is 0 Å². The molecule has 0 aliphatic rings. The first-order valence-corrected chi connectivity index (χ1v) is 8.47. The minimum Gasteiger partial charge on any atom is -0.476 e. The van der Waals surface area contributed by atoms with Crippen molar-refractivity contribution in [1.29, 1.82) is 0 Å². The molecule has 122 valence electrons. The summed E-state index contributed by atoms with van der Waals surface area (Å²) in [4.78, 5) is 26.8. The number of thiazole rings is 1. The van der Waals surface area contributed by atoms with Crippen LogP contribution < -0.4 is 5.32 Å². The van der Waals surface area contributed by atoms with Gasteiger partial charge in [-0.3, -0.25) is 4.79 Å². The van der Waals surface area contributed by atoms with Gasteiger partial charge in [-0.15, -0.1) is 11.3 Å². The predicted octanol–water partition coefficient (Wildman–Crippen LogP) is 3.08. The average molecular weight is 332 g/mol. The molecule has 0 saturated heterocycles. The third-order valence-corrected chi connectivity index (χ3v) is 4.54. The lowest BCUT2D eigenvalue weighted by molar-refractivity contribution is -0.121. The van der Waals surface area contributed by atoms with Crippen LogP contribution in [0, 0.1) is 0 Å². The number of carboxylic acid groups (broad SMARTS) is 1. The first-order valence-electron chi connectivity index (χ1n) is 7.59. The topological polar surface area (TPSA) is 79.3 Å². The Bertz CT molecular complexity index is 655. The van der Waals surface area contributed by atoms with Crippen LogP contribution in [0.15, 0.2) is 35.7 Å². The van der Waals surface area contributed by atoms with Gasteiger partial charge in [-0.2, -0.15) is 0 Å². The van der Waals surface area contributed by atoms with Gasteiger partial charge >= 0.3 is 5.97 Å². The van der Waals surface area contributed by atoms with Gasteiger partial charge in [0.2, 0.25) is 5.91 Å². The van der Waals surface area contributed by atoms with Crippen LogP contribution in [0.5, 0.6) is 0 Å². The number of hydrogen-bond donors (Lipinski definition) is 2. The largest absolute Gasteiger partial charge is 0.476 e. The van der Waals surface area contributed by atoms with Crippen LogP contribution in [-0.4, -0.2) is 28.5 Å². The highest BCUT2D eigenvalue weighted by Gasteiger charge is 2.14. The Kier molecular flexibility index (Phi) is 6.29. The molecule has 0 bridgehead atoms. The summed E-state index contributed by atoms with van der Waals surface area (Å²) in [5.74, 6) is -0.796. The van der Waals surface area contributed by atoms with Crippen molar-refractivity contribution in [3.05, 3.63) is 52.0 Å². The van der Waals surface area contributed by atoms with Crippen LogP contribution in [0.2, 0.25) is 0 Å². The first kappa shape index (κ1) is 17.1. The molecule has 1 amide bonds. The standard InChI is InChI=1S/C17H20N2O3S/c1-2-12(13-6-4-3-5-7-13)10-15(20)18-9-8-16-19-14(11-23-16)17(21)22/h3-7,11-12H,2,8-10H2,1H3,(H,18,20)(H,21,22). The fourth-order valence-electron chi connectivity index (χ4n) is 2.35. The number of nitrogens with zero attached hydrogens (tertiary/aromatic N) is 1. The monoisotopic (exact) mass is 332 g/mol. The van der Waals surface area contributed by atoms with Crippen LogP contribution in [0.25, 0.3) is 0 Å². The van der Waals surface area contributed by atoms with Crippen LogP contribution in [0.1, 0.15) is 46.7 Å². The highest BCUT2D eigenvalue weighted by atomic mass is 32.1. The number of nitrogens with one attached hydrogen (secondary N) is 1. The Morgan fingerprint density at radius 1 is 1.30 bits per heavy atom. The Hall–Kier alpha value is -2.21. The van der Waals surface area contributed by atoms with Crippen molar-refractivity contribution in [2.75, 3.05) is 6.54 Å². The van der Waals surface area contributed by atoms with E-state index in [1.54, 1.807) is 0 Å². The SMILES string of the molecule is CCC(CC(=O)NCCc1nc(C(=O)O)cs1)c1ccccc1. The van der Waals surface area contributed by atoms with Crippen molar-refractivity contribution in [1.82, 2.24) is 10.3 Å². The molecular weight excluding hydrogens is 312 g/mol. The van der Waals surface area contributed by atoms with Gasteiger partial charge in [0.25, 0.3) is 0 Å². The van der Waals surface area contributed by atoms with Crippen LogP contribution >= 0.6 is 11.3 Å². The predicted molar refractivity (Wildman–Crippen MR) is 89.9 cm³/mol. The zero-order chi connectivity index (χ0) is 16.7. The number of carbonyl (C=O) groups is 2. The Balaban J connectivity index is 1.79. The molecule has 0 spiro atoms. The van der Waals surface area contributed by atoms with Crippen molar-refractivity contribution in [2.45, 2.75) is 32.1 Å². The maximum Gasteiger partial charge on any atom is 0.355 e. The van der Waals surface area contributed by atoms with E-state index in [1.165, 1.54) is 22.3 Å². The number of aromatic carboxylic acids is 1. The van der Waals surface area contributed by atoms with E-state index in [4.69, 9.17) is 5.11 Å². The normalized spacial score (nSPS) is 11.9. The van der Waals surface area contributed by atoms with Crippen molar-refractivity contribution in [3.63, 3.8) is 0 Å². The highest BCUT2D eigenvalue weighted by molar-refractivity contribution is 7.09. The zero-order valence-electron chi connectivity index (χ0n) is 13.0. The second-order valence-electron chi connectivity index (χ2n) is 5.25. The van der Waals surface area contributed by atoms with Crippen molar-refractivity contribution >= 4 is 23.2 Å². The zero-order valence-corrected chi connectivity index (χ0v) is 13.8. The minimum atomic E-state index is -1.02. The fraction of sp³-hybridized carbons (Fsp3) is 0.353. The maximum atomic E-state index is 12.1. The maximum absolute atomic E-state index is 12.1. The molecule has 2 rings (SSSR count). The molecule has 1 aromatic heterocycles. The molecule has 0 aliphatic carbocycles. The van der Waals surface area contributed by atoms with Crippen LogP contribution in [0.4, 0.5) is 0 Å². The summed E-state index contributed by atoms with van der Waals surface area (Å²) in [6.07, 6.45) is 1.91. The Labute approximate surface area is 139 Å². The molecule has 23 heavy (non-hydrogen) atoms. The summed E-state index contributed by atoms with van der Waals surface area (Å²) in [5.41, 5.74) is 1.24. The number of rotatable bonds is 8. The third kappa shape index (κ3) is 5.17.